The molecule has 0 saturated carbocycles. The minimum atomic E-state index is -0.168. The molecule has 0 rings (SSSR count). The monoisotopic (exact) mass is 378 g/mol. The normalized spacial score (nSPS) is 16.8. The van der Waals surface area contributed by atoms with E-state index in [1.807, 2.05) is 0 Å². The molecule has 0 radical (unpaired) electrons. The summed E-state index contributed by atoms with van der Waals surface area (Å²) in [6.45, 7) is 4.41. The standard InChI is InChI=1S/C20H42O6/c1-16(21-3)14-17(22-4)15-20(2,13-11-19(25-7)26-8)12-9-10-18(23-5)24-6/h16-19H,9-15H2,1-8H3. The van der Waals surface area contributed by atoms with E-state index in [1.54, 1.807) is 42.7 Å². The fraction of sp³-hybridized carbons (Fsp3) is 1.00. The van der Waals surface area contributed by atoms with Crippen molar-refractivity contribution in [3.8, 4) is 0 Å². The van der Waals surface area contributed by atoms with Gasteiger partial charge >= 0.3 is 0 Å². The summed E-state index contributed by atoms with van der Waals surface area (Å²) in [6.07, 6.45) is 6.74. The average molecular weight is 379 g/mol. The van der Waals surface area contributed by atoms with Crippen molar-refractivity contribution in [1.82, 2.24) is 0 Å². The molecule has 0 fully saturated rings. The van der Waals surface area contributed by atoms with E-state index in [-0.39, 0.29) is 30.2 Å². The van der Waals surface area contributed by atoms with Gasteiger partial charge in [-0.15, -0.1) is 0 Å². The maximum atomic E-state index is 5.76. The second-order valence-electron chi connectivity index (χ2n) is 7.39. The Balaban J connectivity index is 4.87. The molecule has 0 aliphatic carbocycles. The van der Waals surface area contributed by atoms with E-state index in [1.165, 1.54) is 0 Å². The second-order valence-corrected chi connectivity index (χ2v) is 7.39. The summed E-state index contributed by atoms with van der Waals surface area (Å²) in [4.78, 5) is 0. The van der Waals surface area contributed by atoms with Crippen molar-refractivity contribution in [2.45, 2.75) is 83.6 Å². The van der Waals surface area contributed by atoms with Crippen molar-refractivity contribution >= 4 is 0 Å². The van der Waals surface area contributed by atoms with E-state index in [4.69, 9.17) is 28.4 Å². The summed E-state index contributed by atoms with van der Waals surface area (Å²) in [5.41, 5.74) is 0.121. The summed E-state index contributed by atoms with van der Waals surface area (Å²) in [6, 6.07) is 0. The van der Waals surface area contributed by atoms with Crippen LogP contribution in [0.5, 0.6) is 0 Å². The highest BCUT2D eigenvalue weighted by Crippen LogP contribution is 2.37. The Morgan fingerprint density at radius 1 is 0.692 bits per heavy atom. The lowest BCUT2D eigenvalue weighted by Gasteiger charge is -2.35. The number of rotatable bonds is 17. The average Bonchev–Trinajstić information content (AvgIpc) is 2.65. The smallest absolute Gasteiger partial charge is 0.156 e. The third-order valence-electron chi connectivity index (χ3n) is 5.31. The molecule has 0 N–H and O–H groups in total. The summed E-state index contributed by atoms with van der Waals surface area (Å²) in [7, 11) is 10.3. The lowest BCUT2D eigenvalue weighted by Crippen LogP contribution is -2.30. The van der Waals surface area contributed by atoms with Crippen LogP contribution in [0.1, 0.15) is 58.8 Å². The van der Waals surface area contributed by atoms with Crippen LogP contribution in [0.4, 0.5) is 0 Å². The van der Waals surface area contributed by atoms with Gasteiger partial charge in [-0.25, -0.2) is 0 Å². The van der Waals surface area contributed by atoms with Gasteiger partial charge in [0.1, 0.15) is 0 Å². The Kier molecular flexibility index (Phi) is 14.6. The number of hydrogen-bond acceptors (Lipinski definition) is 6. The Hall–Kier alpha value is -0.240. The van der Waals surface area contributed by atoms with Crippen molar-refractivity contribution in [2.24, 2.45) is 5.41 Å². The van der Waals surface area contributed by atoms with Gasteiger partial charge in [-0.05, 0) is 57.3 Å². The van der Waals surface area contributed by atoms with Crippen LogP contribution in [0.2, 0.25) is 0 Å². The Morgan fingerprint density at radius 2 is 1.23 bits per heavy atom. The highest BCUT2D eigenvalue weighted by Gasteiger charge is 2.30. The molecule has 6 heteroatoms. The van der Waals surface area contributed by atoms with Crippen LogP contribution < -0.4 is 0 Å². The fourth-order valence-corrected chi connectivity index (χ4v) is 3.43. The molecule has 0 amide bonds. The summed E-state index contributed by atoms with van der Waals surface area (Å²) < 4.78 is 32.5. The topological polar surface area (TPSA) is 55.4 Å². The highest BCUT2D eigenvalue weighted by atomic mass is 16.7. The lowest BCUT2D eigenvalue weighted by molar-refractivity contribution is -0.115. The van der Waals surface area contributed by atoms with Crippen LogP contribution in [0.15, 0.2) is 0 Å². The molecule has 3 unspecified atom stereocenters. The predicted molar refractivity (Wildman–Crippen MR) is 103 cm³/mol. The largest absolute Gasteiger partial charge is 0.382 e. The molecule has 6 nitrogen and oxygen atoms in total. The van der Waals surface area contributed by atoms with Crippen molar-refractivity contribution in [1.29, 1.82) is 0 Å². The Bertz CT molecular complexity index is 319. The summed E-state index contributed by atoms with van der Waals surface area (Å²) in [5.74, 6) is 0. The van der Waals surface area contributed by atoms with Crippen molar-refractivity contribution in [3.05, 3.63) is 0 Å². The quantitative estimate of drug-likeness (QED) is 0.357. The van der Waals surface area contributed by atoms with Crippen molar-refractivity contribution in [3.63, 3.8) is 0 Å². The molecule has 0 saturated heterocycles. The zero-order valence-electron chi connectivity index (χ0n) is 18.2. The molecular weight excluding hydrogens is 336 g/mol. The maximum absolute atomic E-state index is 5.76. The molecule has 26 heavy (non-hydrogen) atoms. The molecule has 0 heterocycles. The number of methoxy groups -OCH3 is 6. The lowest BCUT2D eigenvalue weighted by atomic mass is 9.75. The Labute approximate surface area is 160 Å². The zero-order chi connectivity index (χ0) is 20.0. The first-order valence-electron chi connectivity index (χ1n) is 9.54. The third kappa shape index (κ3) is 10.8. The van der Waals surface area contributed by atoms with E-state index in [9.17, 15) is 0 Å². The first-order valence-corrected chi connectivity index (χ1v) is 9.54. The second kappa shape index (κ2) is 14.8. The van der Waals surface area contributed by atoms with Crippen LogP contribution in [0.3, 0.4) is 0 Å². The van der Waals surface area contributed by atoms with Gasteiger partial charge in [0.05, 0.1) is 12.2 Å². The maximum Gasteiger partial charge on any atom is 0.156 e. The molecule has 0 aromatic rings. The van der Waals surface area contributed by atoms with Gasteiger partial charge in [-0.2, -0.15) is 0 Å². The fourth-order valence-electron chi connectivity index (χ4n) is 3.43. The van der Waals surface area contributed by atoms with E-state index < -0.39 is 0 Å². The van der Waals surface area contributed by atoms with Crippen molar-refractivity contribution in [2.75, 3.05) is 42.7 Å². The molecule has 0 aromatic heterocycles. The van der Waals surface area contributed by atoms with Crippen LogP contribution >= 0.6 is 0 Å². The zero-order valence-corrected chi connectivity index (χ0v) is 18.2. The highest BCUT2D eigenvalue weighted by molar-refractivity contribution is 4.80. The van der Waals surface area contributed by atoms with Gasteiger partial charge < -0.3 is 28.4 Å². The van der Waals surface area contributed by atoms with Crippen LogP contribution in [0.25, 0.3) is 0 Å². The van der Waals surface area contributed by atoms with Crippen LogP contribution in [-0.2, 0) is 28.4 Å². The van der Waals surface area contributed by atoms with Gasteiger partial charge in [0.2, 0.25) is 0 Å². The molecule has 0 aliphatic rings. The minimum absolute atomic E-state index is 0.121. The molecular formula is C20H42O6. The van der Waals surface area contributed by atoms with Gasteiger partial charge in [0, 0.05) is 42.7 Å². The van der Waals surface area contributed by atoms with E-state index in [0.29, 0.717) is 0 Å². The molecule has 0 spiro atoms. The van der Waals surface area contributed by atoms with Crippen LogP contribution in [0, 0.1) is 5.41 Å². The van der Waals surface area contributed by atoms with Crippen molar-refractivity contribution < 1.29 is 28.4 Å². The molecule has 0 aromatic carbocycles. The predicted octanol–water partition coefficient (Wildman–Crippen LogP) is 4.01. The first-order chi connectivity index (χ1) is 12.4. The molecule has 158 valence electrons. The van der Waals surface area contributed by atoms with Gasteiger partial charge in [0.25, 0.3) is 0 Å². The minimum Gasteiger partial charge on any atom is -0.382 e. The van der Waals surface area contributed by atoms with Gasteiger partial charge in [-0.3, -0.25) is 0 Å². The van der Waals surface area contributed by atoms with E-state index >= 15 is 0 Å². The first kappa shape index (κ1) is 25.8. The van der Waals surface area contributed by atoms with Gasteiger partial charge in [0.15, 0.2) is 12.6 Å². The molecule has 0 aliphatic heterocycles. The summed E-state index contributed by atoms with van der Waals surface area (Å²) in [5, 5.41) is 0. The molecule has 3 atom stereocenters. The Morgan fingerprint density at radius 3 is 1.69 bits per heavy atom. The third-order valence-corrected chi connectivity index (χ3v) is 5.31. The molecule has 0 bridgehead atoms. The SMILES string of the molecule is COC(C)CC(CC(C)(CCCC(OC)OC)CCC(OC)OC)OC. The number of ether oxygens (including phenoxy) is 6. The van der Waals surface area contributed by atoms with E-state index in [0.717, 1.165) is 44.9 Å². The van der Waals surface area contributed by atoms with E-state index in [2.05, 4.69) is 13.8 Å². The van der Waals surface area contributed by atoms with Gasteiger partial charge in [-0.1, -0.05) is 6.92 Å². The van der Waals surface area contributed by atoms with Crippen LogP contribution in [-0.4, -0.2) is 67.4 Å². The number of hydrogen-bond donors (Lipinski definition) is 0. The summed E-state index contributed by atoms with van der Waals surface area (Å²) >= 11 is 0.